The number of aliphatic hydroxyl groups is 4. The molecule has 0 aliphatic rings. The minimum Gasteiger partial charge on any atom is -0.475 e. The molecule has 0 aliphatic carbocycles. The van der Waals surface area contributed by atoms with Gasteiger partial charge in [0.1, 0.15) is 18.3 Å². The minimum absolute atomic E-state index is 0.761. The molecule has 0 radical (unpaired) electrons. The summed E-state index contributed by atoms with van der Waals surface area (Å²) in [6.45, 7) is -0.763. The molecule has 0 saturated carbocycles. The highest BCUT2D eigenvalue weighted by Gasteiger charge is 2.33. The molecule has 0 aromatic rings. The summed E-state index contributed by atoms with van der Waals surface area (Å²) < 4.78 is 4.66. The zero-order valence-corrected chi connectivity index (χ0v) is 9.18. The van der Waals surface area contributed by atoms with Crippen LogP contribution < -0.4 is 0 Å². The van der Waals surface area contributed by atoms with Gasteiger partial charge < -0.3 is 30.3 Å². The quantitative estimate of drug-likeness (QED) is 0.290. The van der Waals surface area contributed by atoms with Crippen molar-refractivity contribution in [2.24, 2.45) is 0 Å². The number of aliphatic hydroxyl groups excluding tert-OH is 4. The molecule has 0 aromatic heterocycles. The highest BCUT2D eigenvalue weighted by atomic mass is 16.5. The summed E-state index contributed by atoms with van der Waals surface area (Å²) in [5.41, 5.74) is 0. The Kier molecular flexibility index (Phi) is 6.85. The monoisotopic (exact) mass is 252 g/mol. The normalized spacial score (nSPS) is 18.2. The fraction of sp³-hybridized carbons (Fsp3) is 0.778. The van der Waals surface area contributed by atoms with E-state index in [0.29, 0.717) is 0 Å². The molecule has 17 heavy (non-hydrogen) atoms. The third-order valence-corrected chi connectivity index (χ3v) is 2.20. The number of hydrogen-bond donors (Lipinski definition) is 5. The van der Waals surface area contributed by atoms with E-state index in [1.165, 1.54) is 0 Å². The van der Waals surface area contributed by atoms with Crippen molar-refractivity contribution in [1.29, 1.82) is 0 Å². The Morgan fingerprint density at radius 2 is 1.71 bits per heavy atom. The van der Waals surface area contributed by atoms with E-state index in [0.717, 1.165) is 7.11 Å². The van der Waals surface area contributed by atoms with Crippen molar-refractivity contribution in [3.05, 3.63) is 0 Å². The van der Waals surface area contributed by atoms with Crippen LogP contribution in [0.2, 0.25) is 0 Å². The number of ether oxygens (including phenoxy) is 1. The molecule has 0 saturated heterocycles. The number of aliphatic carboxylic acids is 1. The first kappa shape index (κ1) is 15.9. The summed E-state index contributed by atoms with van der Waals surface area (Å²) in [6.07, 6.45) is -6.93. The SMILES string of the molecule is CO[C@@H]([C@H](O)[C@H](O)CO)[C@H](O)CC(=O)C(=O)O. The second kappa shape index (κ2) is 7.30. The lowest BCUT2D eigenvalue weighted by Gasteiger charge is -2.28. The molecule has 8 nitrogen and oxygen atoms in total. The van der Waals surface area contributed by atoms with Crippen molar-refractivity contribution in [2.75, 3.05) is 13.7 Å². The van der Waals surface area contributed by atoms with Gasteiger partial charge in [-0.15, -0.1) is 0 Å². The van der Waals surface area contributed by atoms with E-state index in [4.69, 9.17) is 15.3 Å². The number of ketones is 1. The van der Waals surface area contributed by atoms with Crippen LogP contribution in [0.1, 0.15) is 6.42 Å². The van der Waals surface area contributed by atoms with E-state index in [2.05, 4.69) is 4.74 Å². The maximum atomic E-state index is 10.8. The van der Waals surface area contributed by atoms with Crippen molar-refractivity contribution in [2.45, 2.75) is 30.8 Å². The van der Waals surface area contributed by atoms with Crippen molar-refractivity contribution >= 4 is 11.8 Å². The van der Waals surface area contributed by atoms with Gasteiger partial charge in [0.15, 0.2) is 0 Å². The van der Waals surface area contributed by atoms with Gasteiger partial charge in [-0.1, -0.05) is 0 Å². The van der Waals surface area contributed by atoms with E-state index >= 15 is 0 Å². The fourth-order valence-corrected chi connectivity index (χ4v) is 1.24. The van der Waals surface area contributed by atoms with Crippen LogP contribution in [0.3, 0.4) is 0 Å². The predicted molar refractivity (Wildman–Crippen MR) is 53.2 cm³/mol. The Bertz CT molecular complexity index is 266. The van der Waals surface area contributed by atoms with E-state index in [9.17, 15) is 19.8 Å². The Balaban J connectivity index is 4.54. The molecule has 100 valence electrons. The lowest BCUT2D eigenvalue weighted by molar-refractivity contribution is -0.154. The van der Waals surface area contributed by atoms with Crippen molar-refractivity contribution in [3.63, 3.8) is 0 Å². The zero-order chi connectivity index (χ0) is 13.6. The fourth-order valence-electron chi connectivity index (χ4n) is 1.24. The van der Waals surface area contributed by atoms with E-state index in [1.807, 2.05) is 0 Å². The largest absolute Gasteiger partial charge is 0.475 e. The van der Waals surface area contributed by atoms with Gasteiger partial charge in [-0.25, -0.2) is 4.79 Å². The average Bonchev–Trinajstić information content (AvgIpc) is 2.28. The number of Topliss-reactive ketones (excluding diaryl/α,β-unsaturated/α-hetero) is 1. The second-order valence-electron chi connectivity index (χ2n) is 3.44. The molecule has 0 rings (SSSR count). The first-order valence-electron chi connectivity index (χ1n) is 4.79. The number of hydrogen-bond acceptors (Lipinski definition) is 7. The van der Waals surface area contributed by atoms with E-state index < -0.39 is 49.2 Å². The molecule has 0 bridgehead atoms. The smallest absolute Gasteiger partial charge is 0.372 e. The number of carboxylic acids is 1. The summed E-state index contributed by atoms with van der Waals surface area (Å²) in [5, 5.41) is 45.0. The molecule has 0 aromatic carbocycles. The van der Waals surface area contributed by atoms with E-state index in [-0.39, 0.29) is 0 Å². The zero-order valence-electron chi connectivity index (χ0n) is 9.18. The minimum atomic E-state index is -1.71. The highest BCUT2D eigenvalue weighted by Crippen LogP contribution is 2.11. The lowest BCUT2D eigenvalue weighted by atomic mass is 9.99. The standard InChI is InChI=1S/C9H16O8/c1-17-8(7(14)6(13)3-10)4(11)2-5(12)9(15)16/h4,6-8,10-11,13-14H,2-3H2,1H3,(H,15,16)/t4-,6-,7-,8-/m1/s1. The Morgan fingerprint density at radius 1 is 1.18 bits per heavy atom. The molecule has 0 spiro atoms. The number of carbonyl (C=O) groups excluding carboxylic acids is 1. The van der Waals surface area contributed by atoms with Gasteiger partial charge in [-0.3, -0.25) is 4.79 Å². The molecule has 4 atom stereocenters. The van der Waals surface area contributed by atoms with E-state index in [1.54, 1.807) is 0 Å². The van der Waals surface area contributed by atoms with Crippen molar-refractivity contribution in [3.8, 4) is 0 Å². The van der Waals surface area contributed by atoms with Crippen molar-refractivity contribution < 1.29 is 39.9 Å². The van der Waals surface area contributed by atoms with Gasteiger partial charge in [-0.05, 0) is 0 Å². The molecular formula is C9H16O8. The molecule has 8 heteroatoms. The second-order valence-corrected chi connectivity index (χ2v) is 3.44. The van der Waals surface area contributed by atoms with Crippen LogP contribution in [-0.4, -0.2) is 75.4 Å². The lowest BCUT2D eigenvalue weighted by Crippen LogP contribution is -2.47. The van der Waals surface area contributed by atoms with Crippen molar-refractivity contribution in [1.82, 2.24) is 0 Å². The third kappa shape index (κ3) is 4.75. The van der Waals surface area contributed by atoms with Gasteiger partial charge in [-0.2, -0.15) is 0 Å². The molecule has 5 N–H and O–H groups in total. The van der Waals surface area contributed by atoms with Gasteiger partial charge >= 0.3 is 5.97 Å². The van der Waals surface area contributed by atoms with Crippen LogP contribution in [0, 0.1) is 0 Å². The summed E-state index contributed by atoms with van der Waals surface area (Å²) in [5.74, 6) is -2.96. The van der Waals surface area contributed by atoms with Crippen LogP contribution in [0.15, 0.2) is 0 Å². The number of methoxy groups -OCH3 is 1. The van der Waals surface area contributed by atoms with Gasteiger partial charge in [0.2, 0.25) is 5.78 Å². The Morgan fingerprint density at radius 3 is 2.06 bits per heavy atom. The molecule has 0 amide bonds. The van der Waals surface area contributed by atoms with Crippen LogP contribution in [0.25, 0.3) is 0 Å². The Hall–Kier alpha value is -1.06. The maximum Gasteiger partial charge on any atom is 0.372 e. The topological polar surface area (TPSA) is 145 Å². The molecule has 0 fully saturated rings. The maximum absolute atomic E-state index is 10.8. The van der Waals surface area contributed by atoms with Crippen LogP contribution in [0.5, 0.6) is 0 Å². The third-order valence-electron chi connectivity index (χ3n) is 2.20. The Labute approximate surface area is 97.1 Å². The average molecular weight is 252 g/mol. The number of carbonyl (C=O) groups is 2. The highest BCUT2D eigenvalue weighted by molar-refractivity contribution is 6.32. The summed E-state index contributed by atoms with van der Waals surface area (Å²) in [6, 6.07) is 0. The summed E-state index contributed by atoms with van der Waals surface area (Å²) >= 11 is 0. The number of carboxylic acid groups (broad SMARTS) is 1. The molecule has 0 aliphatic heterocycles. The molecule has 0 heterocycles. The first-order chi connectivity index (χ1) is 7.84. The first-order valence-corrected chi connectivity index (χ1v) is 4.79. The molecule has 0 unspecified atom stereocenters. The molecular weight excluding hydrogens is 236 g/mol. The van der Waals surface area contributed by atoms with Crippen LogP contribution in [0.4, 0.5) is 0 Å². The van der Waals surface area contributed by atoms with Gasteiger partial charge in [0.25, 0.3) is 0 Å². The van der Waals surface area contributed by atoms with Gasteiger partial charge in [0.05, 0.1) is 12.7 Å². The predicted octanol–water partition coefficient (Wildman–Crippen LogP) is -2.88. The van der Waals surface area contributed by atoms with Crippen LogP contribution >= 0.6 is 0 Å². The number of rotatable bonds is 8. The van der Waals surface area contributed by atoms with Crippen LogP contribution in [-0.2, 0) is 14.3 Å². The summed E-state index contributed by atoms with van der Waals surface area (Å²) in [4.78, 5) is 21.1. The summed E-state index contributed by atoms with van der Waals surface area (Å²) in [7, 11) is 1.10. The van der Waals surface area contributed by atoms with Gasteiger partial charge in [0, 0.05) is 13.5 Å².